The smallest absolute Gasteiger partial charge is 0.260 e. The summed E-state index contributed by atoms with van der Waals surface area (Å²) in [6.07, 6.45) is 1.40. The molecule has 154 valence electrons. The van der Waals surface area contributed by atoms with Crippen molar-refractivity contribution in [3.8, 4) is 11.5 Å². The highest BCUT2D eigenvalue weighted by Crippen LogP contribution is 2.19. The molecule has 2 amide bonds. The second kappa shape index (κ2) is 10.2. The lowest BCUT2D eigenvalue weighted by atomic mass is 10.0. The van der Waals surface area contributed by atoms with E-state index < -0.39 is 0 Å². The molecular weight excluding hydrogens is 392 g/mol. The van der Waals surface area contributed by atoms with E-state index in [2.05, 4.69) is 5.32 Å². The third-order valence-electron chi connectivity index (χ3n) is 4.80. The molecule has 0 bridgehead atoms. The molecule has 0 aliphatic carbocycles. The van der Waals surface area contributed by atoms with Crippen LogP contribution in [0.5, 0.6) is 11.5 Å². The Bertz CT molecular complexity index is 833. The number of nitrogens with zero attached hydrogens (tertiary/aromatic N) is 1. The number of benzene rings is 2. The summed E-state index contributed by atoms with van der Waals surface area (Å²) in [4.78, 5) is 26.5. The van der Waals surface area contributed by atoms with Crippen molar-refractivity contribution in [3.05, 3.63) is 59.1 Å². The molecule has 2 aromatic carbocycles. The molecule has 0 unspecified atom stereocenters. The molecule has 6 nitrogen and oxygen atoms in total. The molecule has 2 aromatic rings. The van der Waals surface area contributed by atoms with Crippen LogP contribution in [0.1, 0.15) is 30.1 Å². The molecule has 1 fully saturated rings. The van der Waals surface area contributed by atoms with Crippen molar-refractivity contribution >= 4 is 23.4 Å². The van der Waals surface area contributed by atoms with Crippen LogP contribution in [0.15, 0.2) is 48.5 Å². The lowest BCUT2D eigenvalue weighted by Gasteiger charge is -2.32. The Kier molecular flexibility index (Phi) is 7.36. The molecule has 0 spiro atoms. The number of rotatable bonds is 7. The van der Waals surface area contributed by atoms with Gasteiger partial charge in [-0.05, 0) is 56.2 Å². The molecule has 0 radical (unpaired) electrons. The van der Waals surface area contributed by atoms with Gasteiger partial charge in [0.05, 0.1) is 17.2 Å². The largest absolute Gasteiger partial charge is 0.494 e. The zero-order valence-corrected chi connectivity index (χ0v) is 17.2. The maximum atomic E-state index is 12.4. The second-order valence-corrected chi connectivity index (χ2v) is 7.21. The lowest BCUT2D eigenvalue weighted by molar-refractivity contribution is -0.134. The minimum atomic E-state index is -0.181. The fourth-order valence-corrected chi connectivity index (χ4v) is 3.44. The zero-order chi connectivity index (χ0) is 20.6. The molecule has 0 aromatic heterocycles. The molecule has 7 heteroatoms. The van der Waals surface area contributed by atoms with Gasteiger partial charge in [-0.25, -0.2) is 0 Å². The van der Waals surface area contributed by atoms with Crippen LogP contribution in [0.2, 0.25) is 5.02 Å². The van der Waals surface area contributed by atoms with Crippen LogP contribution in [0.25, 0.3) is 0 Å². The van der Waals surface area contributed by atoms with Crippen LogP contribution in [0, 0.1) is 0 Å². The van der Waals surface area contributed by atoms with Crippen molar-refractivity contribution in [1.29, 1.82) is 0 Å². The number of hydrogen-bond donors (Lipinski definition) is 1. The predicted molar refractivity (Wildman–Crippen MR) is 112 cm³/mol. The Balaban J connectivity index is 1.42. The van der Waals surface area contributed by atoms with E-state index in [1.165, 1.54) is 0 Å². The van der Waals surface area contributed by atoms with Gasteiger partial charge >= 0.3 is 0 Å². The third kappa shape index (κ3) is 5.87. The zero-order valence-electron chi connectivity index (χ0n) is 16.4. The van der Waals surface area contributed by atoms with E-state index in [-0.39, 0.29) is 24.5 Å². The number of carbonyl (C=O) groups is 2. The van der Waals surface area contributed by atoms with Crippen LogP contribution in [-0.4, -0.2) is 49.1 Å². The maximum Gasteiger partial charge on any atom is 0.260 e. The quantitative estimate of drug-likeness (QED) is 0.749. The van der Waals surface area contributed by atoms with Crippen molar-refractivity contribution < 1.29 is 19.1 Å². The summed E-state index contributed by atoms with van der Waals surface area (Å²) in [6.45, 7) is 3.69. The van der Waals surface area contributed by atoms with E-state index in [0.717, 1.165) is 5.75 Å². The van der Waals surface area contributed by atoms with E-state index in [4.69, 9.17) is 21.1 Å². The van der Waals surface area contributed by atoms with Gasteiger partial charge in [-0.2, -0.15) is 0 Å². The summed E-state index contributed by atoms with van der Waals surface area (Å²) >= 11 is 6.08. The van der Waals surface area contributed by atoms with Gasteiger partial charge in [-0.3, -0.25) is 9.59 Å². The second-order valence-electron chi connectivity index (χ2n) is 6.80. The van der Waals surface area contributed by atoms with E-state index in [9.17, 15) is 9.59 Å². The topological polar surface area (TPSA) is 67.9 Å². The minimum Gasteiger partial charge on any atom is -0.494 e. The average molecular weight is 417 g/mol. The average Bonchev–Trinajstić information content (AvgIpc) is 2.74. The standard InChI is InChI=1S/C22H25ClN2O4/c1-2-28-17-7-9-18(10-8-17)29-15-21(26)25-13-11-16(12-14-25)24-22(27)19-5-3-4-6-20(19)23/h3-10,16H,2,11-15H2,1H3,(H,24,27). The molecule has 1 aliphatic heterocycles. The molecule has 0 atom stereocenters. The van der Waals surface area contributed by atoms with Crippen molar-refractivity contribution in [2.24, 2.45) is 0 Å². The van der Waals surface area contributed by atoms with Crippen LogP contribution in [0.3, 0.4) is 0 Å². The molecule has 1 aliphatic rings. The van der Waals surface area contributed by atoms with Gasteiger partial charge in [0.25, 0.3) is 11.8 Å². The van der Waals surface area contributed by atoms with Gasteiger partial charge in [0.15, 0.2) is 6.61 Å². The molecule has 1 N–H and O–H groups in total. The Morgan fingerprint density at radius 2 is 1.66 bits per heavy atom. The van der Waals surface area contributed by atoms with E-state index >= 15 is 0 Å². The van der Waals surface area contributed by atoms with E-state index in [0.29, 0.717) is 48.9 Å². The molecule has 1 saturated heterocycles. The number of likely N-dealkylation sites (tertiary alicyclic amines) is 1. The number of amides is 2. The molecule has 0 saturated carbocycles. The monoisotopic (exact) mass is 416 g/mol. The SMILES string of the molecule is CCOc1ccc(OCC(=O)N2CCC(NC(=O)c3ccccc3Cl)CC2)cc1. The van der Waals surface area contributed by atoms with Crippen molar-refractivity contribution in [2.45, 2.75) is 25.8 Å². The summed E-state index contributed by atoms with van der Waals surface area (Å²) in [7, 11) is 0. The van der Waals surface area contributed by atoms with Crippen LogP contribution < -0.4 is 14.8 Å². The van der Waals surface area contributed by atoms with Crippen LogP contribution >= 0.6 is 11.6 Å². The fraction of sp³-hybridized carbons (Fsp3) is 0.364. The van der Waals surface area contributed by atoms with E-state index in [1.807, 2.05) is 19.1 Å². The Morgan fingerprint density at radius 1 is 1.03 bits per heavy atom. The minimum absolute atomic E-state index is 0.00929. The highest BCUT2D eigenvalue weighted by Gasteiger charge is 2.24. The third-order valence-corrected chi connectivity index (χ3v) is 5.13. The van der Waals surface area contributed by atoms with Crippen molar-refractivity contribution in [1.82, 2.24) is 10.2 Å². The summed E-state index contributed by atoms with van der Waals surface area (Å²) in [5.41, 5.74) is 0.469. The highest BCUT2D eigenvalue weighted by atomic mass is 35.5. The summed E-state index contributed by atoms with van der Waals surface area (Å²) in [5, 5.41) is 3.44. The number of ether oxygens (including phenoxy) is 2. The summed E-state index contributed by atoms with van der Waals surface area (Å²) in [6, 6.07) is 14.2. The first-order valence-electron chi connectivity index (χ1n) is 9.75. The van der Waals surface area contributed by atoms with Gasteiger partial charge in [0.2, 0.25) is 0 Å². The Morgan fingerprint density at radius 3 is 2.28 bits per heavy atom. The van der Waals surface area contributed by atoms with E-state index in [1.54, 1.807) is 41.3 Å². The first-order chi connectivity index (χ1) is 14.1. The summed E-state index contributed by atoms with van der Waals surface area (Å²) < 4.78 is 11.0. The number of halogens is 1. The Labute approximate surface area is 175 Å². The van der Waals surface area contributed by atoms with Crippen molar-refractivity contribution in [2.75, 3.05) is 26.3 Å². The number of carbonyl (C=O) groups excluding carboxylic acids is 2. The van der Waals surface area contributed by atoms with Crippen molar-refractivity contribution in [3.63, 3.8) is 0 Å². The first-order valence-corrected chi connectivity index (χ1v) is 10.1. The molecule has 1 heterocycles. The summed E-state index contributed by atoms with van der Waals surface area (Å²) in [5.74, 6) is 1.16. The molecule has 3 rings (SSSR count). The van der Waals surface area contributed by atoms with Gasteiger partial charge in [-0.1, -0.05) is 23.7 Å². The lowest BCUT2D eigenvalue weighted by Crippen LogP contribution is -2.47. The van der Waals surface area contributed by atoms with Gasteiger partial charge in [0, 0.05) is 19.1 Å². The maximum absolute atomic E-state index is 12.4. The highest BCUT2D eigenvalue weighted by molar-refractivity contribution is 6.33. The predicted octanol–water partition coefficient (Wildman–Crippen LogP) is 3.54. The first kappa shape index (κ1) is 21.0. The van der Waals surface area contributed by atoms with Crippen LogP contribution in [0.4, 0.5) is 0 Å². The molecular formula is C22H25ClN2O4. The van der Waals surface area contributed by atoms with Gasteiger partial charge in [-0.15, -0.1) is 0 Å². The van der Waals surface area contributed by atoms with Gasteiger partial charge in [0.1, 0.15) is 11.5 Å². The number of nitrogens with one attached hydrogen (secondary N) is 1. The Hall–Kier alpha value is -2.73. The fourth-order valence-electron chi connectivity index (χ4n) is 3.22. The van der Waals surface area contributed by atoms with Crippen LogP contribution in [-0.2, 0) is 4.79 Å². The molecule has 29 heavy (non-hydrogen) atoms. The normalized spacial score (nSPS) is 14.3. The van der Waals surface area contributed by atoms with Gasteiger partial charge < -0.3 is 19.7 Å². The number of piperidine rings is 1. The number of hydrogen-bond acceptors (Lipinski definition) is 4.